The number of hydrazine groups is 2. The number of piperidine rings is 1. The molecule has 32 nitrogen and oxygen atoms in total. The number of aromatic nitrogens is 3. The van der Waals surface area contributed by atoms with Crippen LogP contribution in [0.5, 0.6) is 11.5 Å². The van der Waals surface area contributed by atoms with E-state index in [2.05, 4.69) is 63.8 Å². The summed E-state index contributed by atoms with van der Waals surface area (Å²) in [4.78, 5) is 165. The summed E-state index contributed by atoms with van der Waals surface area (Å²) in [5.74, 6) is -7.78. The van der Waals surface area contributed by atoms with Gasteiger partial charge in [-0.05, 0) is 120 Å². The molecule has 0 radical (unpaired) electrons. The van der Waals surface area contributed by atoms with Gasteiger partial charge in [0.25, 0.3) is 0 Å². The van der Waals surface area contributed by atoms with Crippen LogP contribution in [-0.2, 0) is 85.0 Å². The normalized spacial score (nSPS) is 22.5. The largest absolute Gasteiger partial charge is 0.487 e. The van der Waals surface area contributed by atoms with Gasteiger partial charge in [-0.25, -0.2) is 9.48 Å². The molecule has 7 aromatic rings. The van der Waals surface area contributed by atoms with Crippen LogP contribution in [0.25, 0.3) is 21.5 Å². The van der Waals surface area contributed by atoms with Crippen LogP contribution in [0.2, 0.25) is 0 Å². The van der Waals surface area contributed by atoms with Crippen LogP contribution >= 0.6 is 0 Å². The molecule has 0 aliphatic carbocycles. The number of carboxylic acids is 2. The molecule has 9 amide bonds. The molecule has 3 saturated heterocycles. The topological polar surface area (TPSA) is 411 Å². The number of hydrogen-bond acceptors (Lipinski definition) is 20. The van der Waals surface area contributed by atoms with E-state index in [1.807, 2.05) is 84.9 Å². The quantitative estimate of drug-likeness (QED) is 0.0695. The van der Waals surface area contributed by atoms with Crippen molar-refractivity contribution >= 4 is 86.6 Å². The van der Waals surface area contributed by atoms with Crippen molar-refractivity contribution in [1.29, 1.82) is 0 Å². The highest BCUT2D eigenvalue weighted by molar-refractivity contribution is 5.99. The number of benzene rings is 6. The summed E-state index contributed by atoms with van der Waals surface area (Å²) in [5, 5.41) is 58.3. The Morgan fingerprint density at radius 1 is 0.551 bits per heavy atom. The highest BCUT2D eigenvalue weighted by Crippen LogP contribution is 2.34. The highest BCUT2D eigenvalue weighted by Gasteiger charge is 2.50. The van der Waals surface area contributed by atoms with Gasteiger partial charge in [-0.1, -0.05) is 156 Å². The first-order valence-electron chi connectivity index (χ1n) is 40.1. The predicted molar refractivity (Wildman–Crippen MR) is 437 cm³/mol. The highest BCUT2D eigenvalue weighted by atomic mass is 16.5. The van der Waals surface area contributed by atoms with Gasteiger partial charge in [-0.15, -0.1) is 10.6 Å². The van der Waals surface area contributed by atoms with E-state index in [0.717, 1.165) is 21.5 Å². The zero-order valence-corrected chi connectivity index (χ0v) is 68.1. The lowest BCUT2D eigenvalue weighted by molar-refractivity contribution is -0.146. The second kappa shape index (κ2) is 37.1. The lowest BCUT2D eigenvalue weighted by atomic mass is 9.85. The Hall–Kier alpha value is -12.0. The van der Waals surface area contributed by atoms with Gasteiger partial charge in [0.2, 0.25) is 53.2 Å². The molecule has 12 bridgehead atoms. The Bertz CT molecular complexity index is 4900. The monoisotopic (exact) mass is 1620 g/mol. The van der Waals surface area contributed by atoms with Crippen LogP contribution in [0.3, 0.4) is 0 Å². The maximum Gasteiger partial charge on any atom is 0.326 e. The van der Waals surface area contributed by atoms with E-state index >= 15 is 28.8 Å². The standard InChI is InChI=1S/C86H107N17O15/c1-49(87-9)74(104)93-72(85(3,4)5)81(111)100-45-62-41-70(100)78(108)89-66(39-53-19-25-55-15-11-13-17-58(55)35-53)76(106)91-68(80(110)99-33-31-57(32-34-99)83(113)114)37-51-21-27-64(28-22-51)117-47-60-43-103(97-95-60)63-42-71(101(46-63)82(112)73(86(6,7)8)94-75(105)50(2)88-10)79(109)90-67(40-54-20-26-56-16-12-14-18-59(56)36-54)77(107)92-69(84(115)116)38-52-23-29-65(30-24-52)118-48-61-44-102(62)98-96-61/h11-30,35-36,43-44,49-50,57,62-63,66-73,87-88,95,97H,31-34,37-42,45-48H2,1-10H3,(H,89,108)(H,90,109)(H,91,106)(H,92,107)(H,93,104)(H,94,105)(H,113,114)(H,115,116)/t49-,50-,62-,63-,66-,67-,68-,69-,70-,71-,72+,73+/m0/s1. The minimum absolute atomic E-state index is 0.00259. The summed E-state index contributed by atoms with van der Waals surface area (Å²) < 4.78 is 14.1. The minimum Gasteiger partial charge on any atom is -0.487 e. The Balaban J connectivity index is 0.889. The summed E-state index contributed by atoms with van der Waals surface area (Å²) in [6, 6.07) is 26.8. The number of nitrogens with zero attached hydrogens (tertiary/aromatic N) is 7. The van der Waals surface area contributed by atoms with E-state index in [-0.39, 0.29) is 90.8 Å². The SMILES string of the molecule is CN[C@@H](C)C(=O)N[C@H](C(=O)N1C[C@@H]2C[C@H]1C(=O)N[C@@H](Cc1ccc3ccccc3c1)C(=O)N[C@H](C(=O)O)Cc1ccc(cc1)OCc1cn(nn1)[C@H]1C[C@@H](C(=O)N[C@@H](Cc3ccc4ccccc4c3)C(=O)N[C@H](C(=O)N3CCC(C(=O)O)CC3)Cc3ccc(cc3)OCC3=CN2NN3)N(C(=O)[C@@H](NC(=O)[C@H](C)NC)C(C)(C)C)C1)C(C)(C)C. The van der Waals surface area contributed by atoms with Crippen molar-refractivity contribution in [2.24, 2.45) is 16.7 Å². The van der Waals surface area contributed by atoms with Crippen LogP contribution in [0.15, 0.2) is 152 Å². The summed E-state index contributed by atoms with van der Waals surface area (Å²) in [5.41, 5.74) is 7.74. The van der Waals surface area contributed by atoms with Crippen molar-refractivity contribution in [3.05, 3.63) is 180 Å². The fraction of sp³-hybridized carbons (Fsp3) is 0.453. The molecule has 0 saturated carbocycles. The molecule has 12 N–H and O–H groups in total. The van der Waals surface area contributed by atoms with Crippen molar-refractivity contribution < 1.29 is 72.4 Å². The maximum atomic E-state index is 15.6. The van der Waals surface area contributed by atoms with Crippen LogP contribution in [-0.4, -0.2) is 223 Å². The van der Waals surface area contributed by atoms with Crippen LogP contribution < -0.4 is 63.0 Å². The first-order valence-corrected chi connectivity index (χ1v) is 40.1. The molecule has 8 aliphatic heterocycles. The molecule has 8 aliphatic rings. The molecule has 6 aromatic carbocycles. The Morgan fingerprint density at radius 2 is 1.01 bits per heavy atom. The number of hydrogen-bond donors (Lipinski definition) is 12. The number of carbonyl (C=O) groups is 11. The molecule has 9 heterocycles. The van der Waals surface area contributed by atoms with Gasteiger partial charge in [-0.3, -0.25) is 53.0 Å². The zero-order valence-electron chi connectivity index (χ0n) is 68.1. The van der Waals surface area contributed by atoms with E-state index in [1.54, 1.807) is 135 Å². The van der Waals surface area contributed by atoms with Gasteiger partial charge >= 0.3 is 11.9 Å². The fourth-order valence-electron chi connectivity index (χ4n) is 15.5. The van der Waals surface area contributed by atoms with Crippen LogP contribution in [0.1, 0.15) is 115 Å². The van der Waals surface area contributed by atoms with Crippen molar-refractivity contribution in [3.63, 3.8) is 0 Å². The molecule has 118 heavy (non-hydrogen) atoms. The molecule has 1 aromatic heterocycles. The number of nitrogens with one attached hydrogen (secondary N) is 10. The Labute approximate surface area is 684 Å². The van der Waals surface area contributed by atoms with Crippen molar-refractivity contribution in [3.8, 4) is 11.5 Å². The van der Waals surface area contributed by atoms with Gasteiger partial charge in [0.1, 0.15) is 78.7 Å². The predicted octanol–water partition coefficient (Wildman–Crippen LogP) is 3.73. The van der Waals surface area contributed by atoms with Gasteiger partial charge in [0.05, 0.1) is 42.0 Å². The van der Waals surface area contributed by atoms with E-state index < -0.39 is 154 Å². The van der Waals surface area contributed by atoms with Gasteiger partial charge in [-0.2, -0.15) is 0 Å². The third-order valence-electron chi connectivity index (χ3n) is 22.8. The molecule has 32 heteroatoms. The molecule has 626 valence electrons. The van der Waals surface area contributed by atoms with E-state index in [4.69, 9.17) is 9.47 Å². The van der Waals surface area contributed by atoms with E-state index in [1.165, 1.54) is 19.4 Å². The van der Waals surface area contributed by atoms with E-state index in [9.17, 15) is 34.2 Å². The number of fused-ring (bicyclic) bond motifs is 2. The average Bonchev–Trinajstić information content (AvgIpc) is 1.63. The zero-order chi connectivity index (χ0) is 84.4. The first kappa shape index (κ1) is 85.3. The second-order valence-corrected chi connectivity index (χ2v) is 33.5. The third kappa shape index (κ3) is 20.8. The van der Waals surface area contributed by atoms with Gasteiger partial charge < -0.3 is 82.3 Å². The average molecular weight is 1620 g/mol. The van der Waals surface area contributed by atoms with Gasteiger partial charge in [0, 0.05) is 70.9 Å². The fourth-order valence-corrected chi connectivity index (χ4v) is 15.5. The van der Waals surface area contributed by atoms with Crippen molar-refractivity contribution in [2.75, 3.05) is 46.9 Å². The lowest BCUT2D eigenvalue weighted by Crippen LogP contribution is -2.61. The molecule has 0 spiro atoms. The summed E-state index contributed by atoms with van der Waals surface area (Å²) >= 11 is 0. The Morgan fingerprint density at radius 3 is 1.48 bits per heavy atom. The van der Waals surface area contributed by atoms with Gasteiger partial charge in [0.15, 0.2) is 0 Å². The lowest BCUT2D eigenvalue weighted by Gasteiger charge is -2.36. The molecular weight excluding hydrogens is 1510 g/mol. The smallest absolute Gasteiger partial charge is 0.326 e. The molecule has 0 unspecified atom stereocenters. The van der Waals surface area contributed by atoms with Crippen LogP contribution in [0, 0.1) is 16.7 Å². The molecule has 15 rings (SSSR count). The summed E-state index contributed by atoms with van der Waals surface area (Å²) in [6.07, 6.45) is 3.22. The summed E-state index contributed by atoms with van der Waals surface area (Å²) in [7, 11) is 3.23. The number of carbonyl (C=O) groups excluding carboxylic acids is 9. The third-order valence-corrected chi connectivity index (χ3v) is 22.8. The number of likely N-dealkylation sites (N-methyl/N-ethyl adjacent to an activating group) is 2. The molecule has 3 fully saturated rings. The number of likely N-dealkylation sites (tertiary alicyclic amines) is 3. The van der Waals surface area contributed by atoms with Crippen molar-refractivity contribution in [2.45, 2.75) is 186 Å². The second-order valence-electron chi connectivity index (χ2n) is 33.5. The van der Waals surface area contributed by atoms with E-state index in [0.29, 0.717) is 45.1 Å². The number of amides is 9. The minimum atomic E-state index is -1.52. The van der Waals surface area contributed by atoms with Crippen molar-refractivity contribution in [1.82, 2.24) is 88.2 Å². The molecule has 12 atom stereocenters. The number of carboxylic acid groups (broad SMARTS) is 2. The van der Waals surface area contributed by atoms with Crippen LogP contribution in [0.4, 0.5) is 0 Å². The first-order chi connectivity index (χ1) is 56.3. The number of ether oxygens (including phenoxy) is 2. The maximum absolute atomic E-state index is 15.6. The number of rotatable bonds is 15. The summed E-state index contributed by atoms with van der Waals surface area (Å²) in [6.45, 7) is 13.9. The molecular formula is C86H107N17O15. The Kier molecular flexibility index (Phi) is 26.8. The number of aliphatic carboxylic acids is 2.